The van der Waals surface area contributed by atoms with E-state index in [0.29, 0.717) is 11.8 Å². The summed E-state index contributed by atoms with van der Waals surface area (Å²) in [5, 5.41) is 12.4. The molecule has 0 bridgehead atoms. The largest absolute Gasteiger partial charge is 0.396 e. The van der Waals surface area contributed by atoms with Gasteiger partial charge < -0.3 is 5.11 Å². The molecule has 0 saturated carbocycles. The average molecular weight is 213 g/mol. The van der Waals surface area contributed by atoms with Gasteiger partial charge in [0.05, 0.1) is 17.3 Å². The molecule has 0 saturated heterocycles. The third-order valence-electron chi connectivity index (χ3n) is 2.45. The summed E-state index contributed by atoms with van der Waals surface area (Å²) < 4.78 is 0. The highest BCUT2D eigenvalue weighted by atomic mass is 32.1. The summed E-state index contributed by atoms with van der Waals surface area (Å²) in [4.78, 5) is 4.56. The molecule has 0 aliphatic rings. The highest BCUT2D eigenvalue weighted by Gasteiger charge is 2.18. The molecule has 0 fully saturated rings. The fourth-order valence-electron chi connectivity index (χ4n) is 1.31. The van der Waals surface area contributed by atoms with Crippen molar-refractivity contribution in [3.05, 3.63) is 16.1 Å². The summed E-state index contributed by atoms with van der Waals surface area (Å²) in [6.45, 7) is 8.72. The van der Waals surface area contributed by atoms with Crippen LogP contribution in [0.5, 0.6) is 0 Å². The number of thiazole rings is 1. The lowest BCUT2D eigenvalue weighted by Crippen LogP contribution is -2.11. The molecule has 0 amide bonds. The van der Waals surface area contributed by atoms with Crippen molar-refractivity contribution < 1.29 is 5.11 Å². The molecule has 1 aromatic heterocycles. The molecule has 80 valence electrons. The third-order valence-corrected chi connectivity index (χ3v) is 3.44. The topological polar surface area (TPSA) is 33.1 Å². The molecule has 1 aromatic rings. The van der Waals surface area contributed by atoms with Gasteiger partial charge in [0.1, 0.15) is 0 Å². The zero-order valence-corrected chi connectivity index (χ0v) is 10.1. The van der Waals surface area contributed by atoms with Crippen LogP contribution in [0.4, 0.5) is 0 Å². The first-order valence-electron chi connectivity index (χ1n) is 5.12. The monoisotopic (exact) mass is 213 g/mol. The van der Waals surface area contributed by atoms with Gasteiger partial charge in [0.25, 0.3) is 0 Å². The average Bonchev–Trinajstić information content (AvgIpc) is 2.53. The van der Waals surface area contributed by atoms with E-state index in [9.17, 15) is 5.11 Å². The first-order chi connectivity index (χ1) is 6.56. The van der Waals surface area contributed by atoms with Crippen molar-refractivity contribution in [1.82, 2.24) is 4.98 Å². The normalized spacial score (nSPS) is 13.9. The Labute approximate surface area is 90.0 Å². The van der Waals surface area contributed by atoms with Crippen LogP contribution in [-0.2, 0) is 0 Å². The van der Waals surface area contributed by atoms with Crippen molar-refractivity contribution in [2.75, 3.05) is 6.61 Å². The summed E-state index contributed by atoms with van der Waals surface area (Å²) >= 11 is 1.67. The second kappa shape index (κ2) is 4.89. The van der Waals surface area contributed by atoms with Gasteiger partial charge in [0, 0.05) is 11.3 Å². The SMILES string of the molecule is CC(C)c1csc(C(CO)C(C)C)n1. The van der Waals surface area contributed by atoms with Crippen molar-refractivity contribution in [2.24, 2.45) is 5.92 Å². The Bertz CT molecular complexity index is 281. The van der Waals surface area contributed by atoms with E-state index in [1.807, 2.05) is 0 Å². The van der Waals surface area contributed by atoms with E-state index in [1.165, 1.54) is 0 Å². The molecule has 0 aliphatic heterocycles. The number of nitrogens with zero attached hydrogens (tertiary/aromatic N) is 1. The molecule has 14 heavy (non-hydrogen) atoms. The van der Waals surface area contributed by atoms with Crippen LogP contribution in [0.2, 0.25) is 0 Å². The number of hydrogen-bond acceptors (Lipinski definition) is 3. The zero-order chi connectivity index (χ0) is 10.7. The number of aliphatic hydroxyl groups is 1. The molecule has 0 spiro atoms. The van der Waals surface area contributed by atoms with E-state index in [-0.39, 0.29) is 12.5 Å². The van der Waals surface area contributed by atoms with Gasteiger partial charge in [-0.25, -0.2) is 4.98 Å². The maximum atomic E-state index is 9.26. The summed E-state index contributed by atoms with van der Waals surface area (Å²) in [6.07, 6.45) is 0. The number of aliphatic hydroxyl groups excluding tert-OH is 1. The van der Waals surface area contributed by atoms with E-state index < -0.39 is 0 Å². The van der Waals surface area contributed by atoms with Crippen LogP contribution in [0.25, 0.3) is 0 Å². The second-order valence-electron chi connectivity index (χ2n) is 4.30. The first kappa shape index (κ1) is 11.7. The quantitative estimate of drug-likeness (QED) is 0.834. The maximum absolute atomic E-state index is 9.26. The minimum absolute atomic E-state index is 0.197. The van der Waals surface area contributed by atoms with Crippen LogP contribution in [0.3, 0.4) is 0 Å². The van der Waals surface area contributed by atoms with Crippen LogP contribution < -0.4 is 0 Å². The fourth-order valence-corrected chi connectivity index (χ4v) is 2.56. The number of rotatable bonds is 4. The molecule has 0 aromatic carbocycles. The Kier molecular flexibility index (Phi) is 4.08. The van der Waals surface area contributed by atoms with Gasteiger partial charge in [-0.1, -0.05) is 27.7 Å². The lowest BCUT2D eigenvalue weighted by molar-refractivity contribution is 0.237. The Morgan fingerprint density at radius 3 is 2.36 bits per heavy atom. The third kappa shape index (κ3) is 2.55. The lowest BCUT2D eigenvalue weighted by Gasteiger charge is -2.14. The Hall–Kier alpha value is -0.410. The maximum Gasteiger partial charge on any atom is 0.0984 e. The predicted octanol–water partition coefficient (Wildman–Crippen LogP) is 3.00. The number of aromatic nitrogens is 1. The second-order valence-corrected chi connectivity index (χ2v) is 5.19. The molecule has 1 unspecified atom stereocenters. The highest BCUT2D eigenvalue weighted by Crippen LogP contribution is 2.28. The molecule has 1 heterocycles. The van der Waals surface area contributed by atoms with Crippen LogP contribution in [0, 0.1) is 5.92 Å². The minimum atomic E-state index is 0.197. The van der Waals surface area contributed by atoms with Gasteiger partial charge in [-0.3, -0.25) is 0 Å². The van der Waals surface area contributed by atoms with Crippen molar-refractivity contribution in [3.63, 3.8) is 0 Å². The first-order valence-corrected chi connectivity index (χ1v) is 6.00. The van der Waals surface area contributed by atoms with Crippen molar-refractivity contribution in [1.29, 1.82) is 0 Å². The van der Waals surface area contributed by atoms with Crippen molar-refractivity contribution >= 4 is 11.3 Å². The van der Waals surface area contributed by atoms with Crippen molar-refractivity contribution in [3.8, 4) is 0 Å². The molecule has 2 nitrogen and oxygen atoms in total. The molecule has 3 heteroatoms. The standard InChI is InChI=1S/C11H19NOS/c1-7(2)9(5-13)11-12-10(6-14-11)8(3)4/h6-9,13H,5H2,1-4H3. The van der Waals surface area contributed by atoms with E-state index in [1.54, 1.807) is 11.3 Å². The molecule has 1 atom stereocenters. The lowest BCUT2D eigenvalue weighted by atomic mass is 9.97. The van der Waals surface area contributed by atoms with Gasteiger partial charge in [0.15, 0.2) is 0 Å². The van der Waals surface area contributed by atoms with E-state index in [0.717, 1.165) is 10.7 Å². The Morgan fingerprint density at radius 2 is 2.00 bits per heavy atom. The smallest absolute Gasteiger partial charge is 0.0984 e. The summed E-state index contributed by atoms with van der Waals surface area (Å²) in [5.41, 5.74) is 1.14. The van der Waals surface area contributed by atoms with E-state index in [2.05, 4.69) is 38.1 Å². The van der Waals surface area contributed by atoms with Gasteiger partial charge >= 0.3 is 0 Å². The molecule has 0 aliphatic carbocycles. The zero-order valence-electron chi connectivity index (χ0n) is 9.32. The molecule has 0 radical (unpaired) electrons. The van der Waals surface area contributed by atoms with Gasteiger partial charge in [-0.15, -0.1) is 11.3 Å². The van der Waals surface area contributed by atoms with Gasteiger partial charge in [-0.05, 0) is 11.8 Å². The number of hydrogen-bond donors (Lipinski definition) is 1. The molecular weight excluding hydrogens is 194 g/mol. The summed E-state index contributed by atoms with van der Waals surface area (Å²) in [6, 6.07) is 0. The van der Waals surface area contributed by atoms with Crippen molar-refractivity contribution in [2.45, 2.75) is 39.5 Å². The van der Waals surface area contributed by atoms with Crippen LogP contribution in [-0.4, -0.2) is 16.7 Å². The molecule has 1 rings (SSSR count). The highest BCUT2D eigenvalue weighted by molar-refractivity contribution is 7.09. The van der Waals surface area contributed by atoms with Crippen LogP contribution >= 0.6 is 11.3 Å². The molecular formula is C11H19NOS. The summed E-state index contributed by atoms with van der Waals surface area (Å²) in [7, 11) is 0. The Morgan fingerprint density at radius 1 is 1.36 bits per heavy atom. The minimum Gasteiger partial charge on any atom is -0.396 e. The Balaban J connectivity index is 2.84. The van der Waals surface area contributed by atoms with E-state index in [4.69, 9.17) is 0 Å². The fraction of sp³-hybridized carbons (Fsp3) is 0.727. The van der Waals surface area contributed by atoms with Gasteiger partial charge in [0.2, 0.25) is 0 Å². The van der Waals surface area contributed by atoms with Crippen LogP contribution in [0.1, 0.15) is 50.2 Å². The summed E-state index contributed by atoms with van der Waals surface area (Å²) in [5.74, 6) is 1.13. The van der Waals surface area contributed by atoms with E-state index >= 15 is 0 Å². The van der Waals surface area contributed by atoms with Crippen LogP contribution in [0.15, 0.2) is 5.38 Å². The van der Waals surface area contributed by atoms with Gasteiger partial charge in [-0.2, -0.15) is 0 Å². The predicted molar refractivity (Wildman–Crippen MR) is 60.9 cm³/mol. The molecule has 1 N–H and O–H groups in total.